The molecular formula is C20H13N3O4S. The summed E-state index contributed by atoms with van der Waals surface area (Å²) < 4.78 is 4.98. The van der Waals surface area contributed by atoms with Crippen molar-refractivity contribution in [1.82, 2.24) is 4.98 Å². The summed E-state index contributed by atoms with van der Waals surface area (Å²) in [6.45, 7) is 1.33. The number of non-ortho nitro benzene ring substituents is 1. The number of esters is 1. The van der Waals surface area contributed by atoms with Crippen molar-refractivity contribution in [2.45, 2.75) is 6.92 Å². The van der Waals surface area contributed by atoms with Gasteiger partial charge in [-0.15, -0.1) is 11.3 Å². The zero-order chi connectivity index (χ0) is 20.1. The maximum atomic E-state index is 11.0. The van der Waals surface area contributed by atoms with Crippen LogP contribution in [0.25, 0.3) is 22.9 Å². The number of thiazole rings is 1. The molecule has 0 amide bonds. The zero-order valence-electron chi connectivity index (χ0n) is 14.7. The molecule has 0 aliphatic carbocycles. The van der Waals surface area contributed by atoms with Gasteiger partial charge in [0.2, 0.25) is 0 Å². The minimum absolute atomic E-state index is 0.00834. The van der Waals surface area contributed by atoms with Gasteiger partial charge in [0.05, 0.1) is 16.2 Å². The molecule has 28 heavy (non-hydrogen) atoms. The van der Waals surface area contributed by atoms with E-state index < -0.39 is 10.9 Å². The number of rotatable bonds is 5. The Morgan fingerprint density at radius 2 is 1.89 bits per heavy atom. The molecule has 0 bridgehead atoms. The third-order valence-corrected chi connectivity index (χ3v) is 4.56. The predicted molar refractivity (Wildman–Crippen MR) is 105 cm³/mol. The fraction of sp³-hybridized carbons (Fsp3) is 0.0500. The lowest BCUT2D eigenvalue weighted by Gasteiger charge is -2.01. The van der Waals surface area contributed by atoms with Gasteiger partial charge < -0.3 is 4.74 Å². The molecule has 0 aliphatic heterocycles. The molecule has 0 unspecified atom stereocenters. The van der Waals surface area contributed by atoms with Crippen LogP contribution in [0.15, 0.2) is 53.9 Å². The first-order valence-corrected chi connectivity index (χ1v) is 8.95. The summed E-state index contributed by atoms with van der Waals surface area (Å²) in [5.74, 6) is 0.0282. The predicted octanol–water partition coefficient (Wildman–Crippen LogP) is 4.71. The molecule has 3 aromatic rings. The third kappa shape index (κ3) is 4.47. The van der Waals surface area contributed by atoms with Crippen molar-refractivity contribution in [1.29, 1.82) is 5.26 Å². The van der Waals surface area contributed by atoms with Gasteiger partial charge >= 0.3 is 5.97 Å². The van der Waals surface area contributed by atoms with Gasteiger partial charge in [-0.25, -0.2) is 4.98 Å². The molecule has 7 nitrogen and oxygen atoms in total. The molecule has 3 rings (SSSR count). The van der Waals surface area contributed by atoms with Gasteiger partial charge in [-0.2, -0.15) is 5.26 Å². The molecule has 0 fully saturated rings. The SMILES string of the molecule is CC(=O)Oc1ccc(/C=C(/C#N)c2nc(-c3ccc([N+](=O)[O-])cc3)cs2)cc1. The number of nitro benzene ring substituents is 1. The number of allylic oxidation sites excluding steroid dienone is 1. The van der Waals surface area contributed by atoms with E-state index in [1.807, 2.05) is 0 Å². The molecule has 0 spiro atoms. The van der Waals surface area contributed by atoms with Crippen molar-refractivity contribution >= 4 is 34.6 Å². The molecule has 1 aromatic heterocycles. The Kier molecular flexibility index (Phi) is 5.58. The number of carbonyl (C=O) groups is 1. The van der Waals surface area contributed by atoms with Crippen LogP contribution in [-0.2, 0) is 4.79 Å². The highest BCUT2D eigenvalue weighted by molar-refractivity contribution is 7.11. The summed E-state index contributed by atoms with van der Waals surface area (Å²) in [4.78, 5) is 25.7. The first-order valence-electron chi connectivity index (χ1n) is 8.07. The summed E-state index contributed by atoms with van der Waals surface area (Å²) in [6.07, 6.45) is 1.69. The Labute approximate surface area is 164 Å². The molecule has 8 heteroatoms. The van der Waals surface area contributed by atoms with Gasteiger partial charge in [0.15, 0.2) is 0 Å². The van der Waals surface area contributed by atoms with Crippen LogP contribution in [0.1, 0.15) is 17.5 Å². The van der Waals surface area contributed by atoms with Gasteiger partial charge in [-0.3, -0.25) is 14.9 Å². The molecule has 0 saturated carbocycles. The van der Waals surface area contributed by atoms with E-state index in [9.17, 15) is 20.2 Å². The van der Waals surface area contributed by atoms with E-state index in [0.29, 0.717) is 22.0 Å². The Balaban J connectivity index is 1.83. The van der Waals surface area contributed by atoms with Crippen LogP contribution in [0.2, 0.25) is 0 Å². The van der Waals surface area contributed by atoms with Crippen molar-refractivity contribution in [3.05, 3.63) is 74.6 Å². The molecule has 2 aromatic carbocycles. The maximum absolute atomic E-state index is 11.0. The van der Waals surface area contributed by atoms with Crippen molar-refractivity contribution < 1.29 is 14.5 Å². The van der Waals surface area contributed by atoms with Crippen molar-refractivity contribution in [3.63, 3.8) is 0 Å². The van der Waals surface area contributed by atoms with E-state index in [0.717, 1.165) is 11.1 Å². The minimum atomic E-state index is -0.459. The summed E-state index contributed by atoms with van der Waals surface area (Å²) >= 11 is 1.31. The second-order valence-electron chi connectivity index (χ2n) is 5.67. The molecule has 0 saturated heterocycles. The number of hydrogen-bond donors (Lipinski definition) is 0. The highest BCUT2D eigenvalue weighted by Gasteiger charge is 2.11. The van der Waals surface area contributed by atoms with Crippen LogP contribution < -0.4 is 4.74 Å². The number of benzene rings is 2. The van der Waals surface area contributed by atoms with Crippen LogP contribution >= 0.6 is 11.3 Å². The highest BCUT2D eigenvalue weighted by Crippen LogP contribution is 2.28. The Morgan fingerprint density at radius 1 is 1.21 bits per heavy atom. The highest BCUT2D eigenvalue weighted by atomic mass is 32.1. The van der Waals surface area contributed by atoms with Crippen LogP contribution in [0, 0.1) is 21.4 Å². The number of ether oxygens (including phenoxy) is 1. The zero-order valence-corrected chi connectivity index (χ0v) is 15.5. The van der Waals surface area contributed by atoms with Crippen LogP contribution in [0.4, 0.5) is 5.69 Å². The van der Waals surface area contributed by atoms with Crippen LogP contribution in [0.5, 0.6) is 5.75 Å². The molecule has 138 valence electrons. The number of nitriles is 1. The topological polar surface area (TPSA) is 106 Å². The van der Waals surface area contributed by atoms with Crippen LogP contribution in [-0.4, -0.2) is 15.9 Å². The van der Waals surface area contributed by atoms with E-state index >= 15 is 0 Å². The van der Waals surface area contributed by atoms with Gasteiger partial charge in [-0.05, 0) is 35.9 Å². The number of aromatic nitrogens is 1. The summed E-state index contributed by atoms with van der Waals surface area (Å²) in [6, 6.07) is 15.0. The number of nitrogens with zero attached hydrogens (tertiary/aromatic N) is 3. The summed E-state index contributed by atoms with van der Waals surface area (Å²) in [5, 5.41) is 22.6. The van der Waals surface area contributed by atoms with Crippen molar-refractivity contribution in [2.75, 3.05) is 0 Å². The average molecular weight is 391 g/mol. The summed E-state index contributed by atoms with van der Waals surface area (Å²) in [7, 11) is 0. The van der Waals surface area contributed by atoms with Gasteiger partial charge in [0.1, 0.15) is 16.8 Å². The fourth-order valence-corrected chi connectivity index (χ4v) is 3.19. The largest absolute Gasteiger partial charge is 0.427 e. The molecule has 0 radical (unpaired) electrons. The lowest BCUT2D eigenvalue weighted by Crippen LogP contribution is -2.00. The third-order valence-electron chi connectivity index (χ3n) is 3.68. The second-order valence-corrected chi connectivity index (χ2v) is 6.53. The van der Waals surface area contributed by atoms with E-state index in [2.05, 4.69) is 11.1 Å². The standard InChI is InChI=1S/C20H13N3O4S/c1-13(24)27-18-8-2-14(3-9-18)10-16(11-21)20-22-19(12-28-20)15-4-6-17(7-5-15)23(25)26/h2-10,12H,1H3/b16-10-. The summed E-state index contributed by atoms with van der Waals surface area (Å²) in [5.41, 5.74) is 2.53. The van der Waals surface area contributed by atoms with Gasteiger partial charge in [0, 0.05) is 30.0 Å². The number of hydrogen-bond acceptors (Lipinski definition) is 7. The smallest absolute Gasteiger partial charge is 0.308 e. The quantitative estimate of drug-likeness (QED) is 0.205. The molecule has 0 aliphatic rings. The van der Waals surface area contributed by atoms with E-state index in [1.54, 1.807) is 47.9 Å². The monoisotopic (exact) mass is 391 g/mol. The average Bonchev–Trinajstić information content (AvgIpc) is 3.17. The first-order chi connectivity index (χ1) is 13.5. The molecule has 0 N–H and O–H groups in total. The number of carbonyl (C=O) groups excluding carboxylic acids is 1. The van der Waals surface area contributed by atoms with Crippen molar-refractivity contribution in [2.24, 2.45) is 0 Å². The van der Waals surface area contributed by atoms with E-state index in [4.69, 9.17) is 4.74 Å². The molecule has 1 heterocycles. The first kappa shape index (κ1) is 18.9. The lowest BCUT2D eigenvalue weighted by atomic mass is 10.1. The lowest BCUT2D eigenvalue weighted by molar-refractivity contribution is -0.384. The van der Waals surface area contributed by atoms with Gasteiger partial charge in [-0.1, -0.05) is 12.1 Å². The van der Waals surface area contributed by atoms with Crippen molar-refractivity contribution in [3.8, 4) is 23.1 Å². The molecular weight excluding hydrogens is 378 g/mol. The fourth-order valence-electron chi connectivity index (χ4n) is 2.39. The molecule has 0 atom stereocenters. The van der Waals surface area contributed by atoms with E-state index in [1.165, 1.54) is 30.4 Å². The normalized spacial score (nSPS) is 10.9. The van der Waals surface area contributed by atoms with Gasteiger partial charge in [0.25, 0.3) is 5.69 Å². The van der Waals surface area contributed by atoms with E-state index in [-0.39, 0.29) is 5.69 Å². The number of nitro groups is 1. The minimum Gasteiger partial charge on any atom is -0.427 e. The Bertz CT molecular complexity index is 1090. The Morgan fingerprint density at radius 3 is 2.46 bits per heavy atom. The second kappa shape index (κ2) is 8.24. The maximum Gasteiger partial charge on any atom is 0.308 e. The Hall–Kier alpha value is -3.83. The van der Waals surface area contributed by atoms with Crippen LogP contribution in [0.3, 0.4) is 0 Å².